The molecule has 4 rings (SSSR count). The maximum Gasteiger partial charge on any atom is 0.312 e. The summed E-state index contributed by atoms with van der Waals surface area (Å²) in [5, 5.41) is 7.22. The van der Waals surface area contributed by atoms with Gasteiger partial charge in [-0.2, -0.15) is 5.10 Å². The number of benzene rings is 2. The van der Waals surface area contributed by atoms with E-state index < -0.39 is 6.03 Å². The fraction of sp³-hybridized carbons (Fsp3) is 0.261. The van der Waals surface area contributed by atoms with Gasteiger partial charge in [0.1, 0.15) is 11.4 Å². The number of hydrogen-bond acceptors (Lipinski definition) is 4. The Bertz CT molecular complexity index is 1050. The van der Waals surface area contributed by atoms with Crippen LogP contribution in [0.4, 0.5) is 4.79 Å². The van der Waals surface area contributed by atoms with Gasteiger partial charge in [-0.3, -0.25) is 4.79 Å². The molecule has 3 N–H and O–H groups in total. The molecule has 0 saturated heterocycles. The Kier molecular flexibility index (Phi) is 5.52. The zero-order valence-corrected chi connectivity index (χ0v) is 16.8. The molecule has 7 nitrogen and oxygen atoms in total. The Labute approximate surface area is 174 Å². The SMILES string of the molecule is COc1ccc(-n2nc(C(=O)C3CC3)cc2-c2ccc(CCNC(N)=O)cc2)cc1. The highest BCUT2D eigenvalue weighted by Crippen LogP contribution is 2.34. The van der Waals surface area contributed by atoms with Crippen molar-refractivity contribution in [2.45, 2.75) is 19.3 Å². The minimum absolute atomic E-state index is 0.109. The van der Waals surface area contributed by atoms with Crippen LogP contribution in [0, 0.1) is 5.92 Å². The predicted octanol–water partition coefficient (Wildman–Crippen LogP) is 3.35. The molecule has 7 heteroatoms. The molecule has 3 aromatic rings. The molecule has 1 fully saturated rings. The summed E-state index contributed by atoms with van der Waals surface area (Å²) in [5.41, 5.74) is 9.35. The van der Waals surface area contributed by atoms with Gasteiger partial charge in [-0.05, 0) is 55.2 Å². The van der Waals surface area contributed by atoms with Crippen LogP contribution in [0.25, 0.3) is 16.9 Å². The molecule has 154 valence electrons. The number of hydrogen-bond donors (Lipinski definition) is 2. The lowest BCUT2D eigenvalue weighted by Gasteiger charge is -2.09. The summed E-state index contributed by atoms with van der Waals surface area (Å²) in [4.78, 5) is 23.4. The molecule has 0 bridgehead atoms. The van der Waals surface area contributed by atoms with E-state index in [0.717, 1.165) is 41.1 Å². The number of Topliss-reactive ketones (excluding diaryl/α,β-unsaturated/α-hetero) is 1. The second-order valence-corrected chi connectivity index (χ2v) is 7.40. The van der Waals surface area contributed by atoms with Gasteiger partial charge in [0.15, 0.2) is 5.78 Å². The maximum absolute atomic E-state index is 12.6. The highest BCUT2D eigenvalue weighted by molar-refractivity contribution is 5.98. The number of aromatic nitrogens is 2. The highest BCUT2D eigenvalue weighted by Gasteiger charge is 2.32. The second kappa shape index (κ2) is 8.41. The fourth-order valence-corrected chi connectivity index (χ4v) is 3.35. The minimum atomic E-state index is -0.525. The molecule has 0 atom stereocenters. The van der Waals surface area contributed by atoms with Crippen molar-refractivity contribution in [2.75, 3.05) is 13.7 Å². The predicted molar refractivity (Wildman–Crippen MR) is 114 cm³/mol. The zero-order chi connectivity index (χ0) is 21.1. The van der Waals surface area contributed by atoms with Gasteiger partial charge in [-0.1, -0.05) is 24.3 Å². The molecular weight excluding hydrogens is 380 g/mol. The molecule has 1 aliphatic carbocycles. The summed E-state index contributed by atoms with van der Waals surface area (Å²) in [6.07, 6.45) is 2.57. The highest BCUT2D eigenvalue weighted by atomic mass is 16.5. The molecular formula is C23H24N4O3. The van der Waals surface area contributed by atoms with E-state index in [1.165, 1.54) is 0 Å². The van der Waals surface area contributed by atoms with Crippen molar-refractivity contribution in [3.63, 3.8) is 0 Å². The van der Waals surface area contributed by atoms with E-state index in [0.29, 0.717) is 18.7 Å². The van der Waals surface area contributed by atoms with E-state index in [4.69, 9.17) is 10.5 Å². The standard InChI is InChI=1S/C23H24N4O3/c1-30-19-10-8-18(9-11-19)27-21(14-20(26-27)22(28)17-6-7-17)16-4-2-15(3-5-16)12-13-25-23(24)29/h2-5,8-11,14,17H,6-7,12-13H2,1H3,(H3,24,25,29). The number of ketones is 1. The third-order valence-electron chi connectivity index (χ3n) is 5.19. The van der Waals surface area contributed by atoms with Gasteiger partial charge in [-0.25, -0.2) is 9.48 Å². The first-order valence-electron chi connectivity index (χ1n) is 9.96. The number of amides is 2. The molecule has 0 aliphatic heterocycles. The van der Waals surface area contributed by atoms with Crippen molar-refractivity contribution >= 4 is 11.8 Å². The number of rotatable bonds is 8. The van der Waals surface area contributed by atoms with Gasteiger partial charge in [0.2, 0.25) is 0 Å². The molecule has 1 aromatic heterocycles. The van der Waals surface area contributed by atoms with Crippen LogP contribution >= 0.6 is 0 Å². The summed E-state index contributed by atoms with van der Waals surface area (Å²) in [7, 11) is 1.63. The number of urea groups is 1. The molecule has 1 heterocycles. The van der Waals surface area contributed by atoms with E-state index >= 15 is 0 Å². The molecule has 1 saturated carbocycles. The lowest BCUT2D eigenvalue weighted by molar-refractivity contribution is 0.0962. The number of nitrogens with one attached hydrogen (secondary N) is 1. The van der Waals surface area contributed by atoms with Crippen LogP contribution < -0.4 is 15.8 Å². The fourth-order valence-electron chi connectivity index (χ4n) is 3.35. The van der Waals surface area contributed by atoms with Crippen molar-refractivity contribution in [1.82, 2.24) is 15.1 Å². The molecule has 0 radical (unpaired) electrons. The van der Waals surface area contributed by atoms with Crippen molar-refractivity contribution in [3.05, 3.63) is 65.9 Å². The number of primary amides is 1. The van der Waals surface area contributed by atoms with Crippen LogP contribution in [0.5, 0.6) is 5.75 Å². The Morgan fingerprint density at radius 2 is 1.83 bits per heavy atom. The number of ether oxygens (including phenoxy) is 1. The van der Waals surface area contributed by atoms with Gasteiger partial charge in [0.25, 0.3) is 0 Å². The van der Waals surface area contributed by atoms with E-state index in [9.17, 15) is 9.59 Å². The van der Waals surface area contributed by atoms with Crippen molar-refractivity contribution in [1.29, 1.82) is 0 Å². The average Bonchev–Trinajstić information content (AvgIpc) is 3.52. The summed E-state index contributed by atoms with van der Waals surface area (Å²) >= 11 is 0. The topological polar surface area (TPSA) is 99.2 Å². The molecule has 2 amide bonds. The minimum Gasteiger partial charge on any atom is -0.497 e. The number of carbonyl (C=O) groups excluding carboxylic acids is 2. The third kappa shape index (κ3) is 4.35. The monoisotopic (exact) mass is 404 g/mol. The van der Waals surface area contributed by atoms with Crippen LogP contribution in [-0.4, -0.2) is 35.2 Å². The van der Waals surface area contributed by atoms with Crippen LogP contribution in [0.2, 0.25) is 0 Å². The molecule has 0 unspecified atom stereocenters. The molecule has 2 aromatic carbocycles. The average molecular weight is 404 g/mol. The first kappa shape index (κ1) is 19.7. The van der Waals surface area contributed by atoms with Gasteiger partial charge < -0.3 is 15.8 Å². The largest absolute Gasteiger partial charge is 0.497 e. The molecule has 30 heavy (non-hydrogen) atoms. The Balaban J connectivity index is 1.65. The van der Waals surface area contributed by atoms with Crippen LogP contribution in [0.1, 0.15) is 28.9 Å². The summed E-state index contributed by atoms with van der Waals surface area (Å²) in [5.74, 6) is 0.977. The number of nitrogens with zero attached hydrogens (tertiary/aromatic N) is 2. The number of methoxy groups -OCH3 is 1. The van der Waals surface area contributed by atoms with Crippen LogP contribution in [0.15, 0.2) is 54.6 Å². The van der Waals surface area contributed by atoms with Crippen LogP contribution in [0.3, 0.4) is 0 Å². The maximum atomic E-state index is 12.6. The van der Waals surface area contributed by atoms with Gasteiger partial charge in [0.05, 0.1) is 18.5 Å². The lowest BCUT2D eigenvalue weighted by Crippen LogP contribution is -2.30. The van der Waals surface area contributed by atoms with Gasteiger partial charge in [-0.15, -0.1) is 0 Å². The van der Waals surface area contributed by atoms with E-state index in [1.54, 1.807) is 11.8 Å². The van der Waals surface area contributed by atoms with Gasteiger partial charge in [0, 0.05) is 18.0 Å². The molecule has 0 spiro atoms. The smallest absolute Gasteiger partial charge is 0.312 e. The first-order valence-corrected chi connectivity index (χ1v) is 9.96. The lowest BCUT2D eigenvalue weighted by atomic mass is 10.1. The van der Waals surface area contributed by atoms with Crippen molar-refractivity contribution in [2.24, 2.45) is 11.7 Å². The number of nitrogens with two attached hydrogens (primary N) is 1. The van der Waals surface area contributed by atoms with E-state index in [1.807, 2.05) is 54.6 Å². The Morgan fingerprint density at radius 1 is 1.13 bits per heavy atom. The van der Waals surface area contributed by atoms with Crippen LogP contribution in [-0.2, 0) is 6.42 Å². The van der Waals surface area contributed by atoms with Crippen molar-refractivity contribution < 1.29 is 14.3 Å². The number of carbonyl (C=O) groups is 2. The quantitative estimate of drug-likeness (QED) is 0.563. The summed E-state index contributed by atoms with van der Waals surface area (Å²) < 4.78 is 7.05. The molecule has 1 aliphatic rings. The van der Waals surface area contributed by atoms with Crippen molar-refractivity contribution in [3.8, 4) is 22.7 Å². The second-order valence-electron chi connectivity index (χ2n) is 7.40. The zero-order valence-electron chi connectivity index (χ0n) is 16.8. The first-order chi connectivity index (χ1) is 14.5. The Morgan fingerprint density at radius 3 is 2.43 bits per heavy atom. The summed E-state index contributed by atoms with van der Waals surface area (Å²) in [6.45, 7) is 0.485. The van der Waals surface area contributed by atoms with E-state index in [-0.39, 0.29) is 11.7 Å². The Hall–Kier alpha value is -3.61. The third-order valence-corrected chi connectivity index (χ3v) is 5.19. The normalized spacial score (nSPS) is 13.1. The van der Waals surface area contributed by atoms with E-state index in [2.05, 4.69) is 10.4 Å². The summed E-state index contributed by atoms with van der Waals surface area (Å²) in [6, 6.07) is 16.9. The van der Waals surface area contributed by atoms with Gasteiger partial charge >= 0.3 is 6.03 Å².